The summed E-state index contributed by atoms with van der Waals surface area (Å²) >= 11 is 0. The van der Waals surface area contributed by atoms with Gasteiger partial charge in [-0.1, -0.05) is 25.8 Å². The van der Waals surface area contributed by atoms with E-state index >= 15 is 0 Å². The van der Waals surface area contributed by atoms with E-state index in [1.165, 1.54) is 6.42 Å². The molecule has 1 aliphatic carbocycles. The summed E-state index contributed by atoms with van der Waals surface area (Å²) in [7, 11) is 0. The summed E-state index contributed by atoms with van der Waals surface area (Å²) in [4.78, 5) is 16.1. The summed E-state index contributed by atoms with van der Waals surface area (Å²) in [5.74, 6) is 0.195. The summed E-state index contributed by atoms with van der Waals surface area (Å²) in [5.41, 5.74) is 0.895. The lowest BCUT2D eigenvalue weighted by molar-refractivity contribution is -0.118. The normalized spacial score (nSPS) is 22.9. The minimum absolute atomic E-state index is 0.135. The zero-order chi connectivity index (χ0) is 14.4. The van der Waals surface area contributed by atoms with Gasteiger partial charge in [0.1, 0.15) is 11.6 Å². The number of carbonyl (C=O) groups is 1. The number of rotatable bonds is 3. The molecule has 1 N–H and O–H groups in total. The number of aromatic nitrogens is 1. The van der Waals surface area contributed by atoms with Crippen molar-refractivity contribution in [3.63, 3.8) is 0 Å². The van der Waals surface area contributed by atoms with Crippen molar-refractivity contribution >= 4 is 12.0 Å². The van der Waals surface area contributed by atoms with Gasteiger partial charge in [0.05, 0.1) is 0 Å². The summed E-state index contributed by atoms with van der Waals surface area (Å²) < 4.78 is 0. The number of amides is 1. The zero-order valence-electron chi connectivity index (χ0n) is 11.7. The third kappa shape index (κ3) is 3.67. The van der Waals surface area contributed by atoms with E-state index in [1.54, 1.807) is 24.5 Å². The second kappa shape index (κ2) is 6.85. The number of carbonyl (C=O) groups excluding carboxylic acids is 1. The highest BCUT2D eigenvalue weighted by atomic mass is 16.1. The highest BCUT2D eigenvalue weighted by Gasteiger charge is 2.23. The number of pyridine rings is 1. The Bertz CT molecular complexity index is 530. The fourth-order valence-electron chi connectivity index (χ4n) is 2.55. The van der Waals surface area contributed by atoms with E-state index in [2.05, 4.69) is 17.2 Å². The molecule has 1 aromatic rings. The van der Waals surface area contributed by atoms with Crippen LogP contribution in [0.1, 0.15) is 38.2 Å². The number of nitrogens with one attached hydrogen (secondary N) is 1. The third-order valence-electron chi connectivity index (χ3n) is 3.79. The van der Waals surface area contributed by atoms with Gasteiger partial charge in [-0.3, -0.25) is 9.78 Å². The monoisotopic (exact) mass is 269 g/mol. The van der Waals surface area contributed by atoms with E-state index in [1.807, 2.05) is 12.1 Å². The van der Waals surface area contributed by atoms with Crippen molar-refractivity contribution in [3.8, 4) is 6.07 Å². The first kappa shape index (κ1) is 14.3. The summed E-state index contributed by atoms with van der Waals surface area (Å²) in [6.45, 7) is 2.15. The molecule has 0 aromatic carbocycles. The van der Waals surface area contributed by atoms with Gasteiger partial charge < -0.3 is 5.32 Å². The quantitative estimate of drug-likeness (QED) is 0.677. The van der Waals surface area contributed by atoms with Gasteiger partial charge >= 0.3 is 0 Å². The molecular weight excluding hydrogens is 250 g/mol. The lowest BCUT2D eigenvalue weighted by Crippen LogP contribution is -2.41. The molecule has 1 aliphatic rings. The molecule has 1 amide bonds. The molecule has 0 saturated heterocycles. The number of hydrogen-bond acceptors (Lipinski definition) is 3. The van der Waals surface area contributed by atoms with Gasteiger partial charge in [-0.2, -0.15) is 5.26 Å². The molecule has 1 aromatic heterocycles. The third-order valence-corrected chi connectivity index (χ3v) is 3.79. The van der Waals surface area contributed by atoms with Crippen molar-refractivity contribution in [1.29, 1.82) is 5.26 Å². The van der Waals surface area contributed by atoms with Crippen molar-refractivity contribution in [3.05, 3.63) is 35.7 Å². The Morgan fingerprint density at radius 1 is 1.50 bits per heavy atom. The van der Waals surface area contributed by atoms with Crippen LogP contribution in [0.2, 0.25) is 0 Å². The van der Waals surface area contributed by atoms with Crippen LogP contribution in [0.15, 0.2) is 30.1 Å². The molecule has 2 atom stereocenters. The second-order valence-corrected chi connectivity index (χ2v) is 5.30. The first-order valence-corrected chi connectivity index (χ1v) is 7.03. The Morgan fingerprint density at radius 3 is 2.95 bits per heavy atom. The summed E-state index contributed by atoms with van der Waals surface area (Å²) in [6.07, 6.45) is 9.38. The number of hydrogen-bond donors (Lipinski definition) is 1. The van der Waals surface area contributed by atoms with Crippen molar-refractivity contribution in [1.82, 2.24) is 10.3 Å². The smallest absolute Gasteiger partial charge is 0.262 e. The van der Waals surface area contributed by atoms with Crippen LogP contribution >= 0.6 is 0 Å². The van der Waals surface area contributed by atoms with Crippen LogP contribution < -0.4 is 5.32 Å². The van der Waals surface area contributed by atoms with E-state index in [9.17, 15) is 4.79 Å². The molecule has 4 nitrogen and oxygen atoms in total. The van der Waals surface area contributed by atoms with Gasteiger partial charge in [0.25, 0.3) is 5.91 Å². The van der Waals surface area contributed by atoms with Gasteiger partial charge in [0.15, 0.2) is 0 Å². The Morgan fingerprint density at radius 2 is 2.30 bits per heavy atom. The van der Waals surface area contributed by atoms with E-state index in [4.69, 9.17) is 5.26 Å². The van der Waals surface area contributed by atoms with Crippen LogP contribution in [0.4, 0.5) is 0 Å². The van der Waals surface area contributed by atoms with Gasteiger partial charge in [0.2, 0.25) is 0 Å². The maximum atomic E-state index is 12.2. The Hall–Kier alpha value is -2.15. The lowest BCUT2D eigenvalue weighted by Gasteiger charge is -2.29. The number of nitriles is 1. The lowest BCUT2D eigenvalue weighted by atomic mass is 9.86. The summed E-state index contributed by atoms with van der Waals surface area (Å²) in [6, 6.07) is 5.76. The van der Waals surface area contributed by atoms with Crippen molar-refractivity contribution in [2.24, 2.45) is 5.92 Å². The fourth-order valence-corrected chi connectivity index (χ4v) is 2.55. The van der Waals surface area contributed by atoms with Crippen LogP contribution in [-0.4, -0.2) is 16.9 Å². The van der Waals surface area contributed by atoms with E-state index in [0.29, 0.717) is 5.92 Å². The molecule has 2 rings (SSSR count). The van der Waals surface area contributed by atoms with Crippen molar-refractivity contribution < 1.29 is 4.79 Å². The van der Waals surface area contributed by atoms with Crippen LogP contribution in [0.3, 0.4) is 0 Å². The molecule has 1 saturated carbocycles. The Labute approximate surface area is 119 Å². The highest BCUT2D eigenvalue weighted by molar-refractivity contribution is 6.01. The van der Waals surface area contributed by atoms with Crippen LogP contribution in [0.25, 0.3) is 6.08 Å². The standard InChI is InChI=1S/C16H19N3O/c1-12-5-2-3-7-15(12)19-16(20)14(10-17)9-13-6-4-8-18-11-13/h4,6,8-9,11-12,15H,2-3,5,7H2,1H3,(H,19,20)/b14-9+/t12-,15+/m0/s1. The van der Waals surface area contributed by atoms with E-state index in [0.717, 1.165) is 24.8 Å². The highest BCUT2D eigenvalue weighted by Crippen LogP contribution is 2.24. The molecule has 104 valence electrons. The molecule has 20 heavy (non-hydrogen) atoms. The topological polar surface area (TPSA) is 65.8 Å². The molecule has 0 aliphatic heterocycles. The van der Waals surface area contributed by atoms with Crippen LogP contribution in [-0.2, 0) is 4.79 Å². The molecule has 0 unspecified atom stereocenters. The largest absolute Gasteiger partial charge is 0.348 e. The van der Waals surface area contributed by atoms with Crippen LogP contribution in [0.5, 0.6) is 0 Å². The van der Waals surface area contributed by atoms with E-state index in [-0.39, 0.29) is 17.5 Å². The number of nitrogens with zero attached hydrogens (tertiary/aromatic N) is 2. The maximum Gasteiger partial charge on any atom is 0.262 e. The predicted molar refractivity (Wildman–Crippen MR) is 77.4 cm³/mol. The molecule has 0 bridgehead atoms. The fraction of sp³-hybridized carbons (Fsp3) is 0.438. The molecule has 0 spiro atoms. The average Bonchev–Trinajstić information content (AvgIpc) is 2.48. The molecule has 0 radical (unpaired) electrons. The first-order valence-electron chi connectivity index (χ1n) is 7.03. The second-order valence-electron chi connectivity index (χ2n) is 5.30. The van der Waals surface area contributed by atoms with Gasteiger partial charge in [-0.05, 0) is 36.5 Å². The van der Waals surface area contributed by atoms with Gasteiger partial charge in [-0.15, -0.1) is 0 Å². The van der Waals surface area contributed by atoms with Crippen LogP contribution in [0, 0.1) is 17.2 Å². The molecule has 1 fully saturated rings. The Kier molecular flexibility index (Phi) is 4.89. The zero-order valence-corrected chi connectivity index (χ0v) is 11.7. The van der Waals surface area contributed by atoms with Crippen molar-refractivity contribution in [2.45, 2.75) is 38.6 Å². The molecule has 1 heterocycles. The van der Waals surface area contributed by atoms with Gasteiger partial charge in [-0.25, -0.2) is 0 Å². The maximum absolute atomic E-state index is 12.2. The van der Waals surface area contributed by atoms with Gasteiger partial charge in [0, 0.05) is 18.4 Å². The minimum Gasteiger partial charge on any atom is -0.348 e. The van der Waals surface area contributed by atoms with E-state index < -0.39 is 0 Å². The molecule has 4 heteroatoms. The predicted octanol–water partition coefficient (Wildman–Crippen LogP) is 2.68. The van der Waals surface area contributed by atoms with Crippen molar-refractivity contribution in [2.75, 3.05) is 0 Å². The SMILES string of the molecule is C[C@H]1CCCC[C@H]1NC(=O)/C(C#N)=C/c1cccnc1. The molecular formula is C16H19N3O. The minimum atomic E-state index is -0.282. The average molecular weight is 269 g/mol. The first-order chi connectivity index (χ1) is 9.70. The summed E-state index contributed by atoms with van der Waals surface area (Å²) in [5, 5.41) is 12.1. The Balaban J connectivity index is 2.06.